The molecule has 6 heteroatoms. The molecule has 0 bridgehead atoms. The molecule has 0 amide bonds. The molecule has 0 fully saturated rings. The van der Waals surface area contributed by atoms with E-state index in [9.17, 15) is 8.42 Å². The predicted octanol–water partition coefficient (Wildman–Crippen LogP) is 3.16. The average molecular weight is 369 g/mol. The maximum absolute atomic E-state index is 12.6. The lowest BCUT2D eigenvalue weighted by molar-refractivity contribution is 0.467. The van der Waals surface area contributed by atoms with E-state index in [0.717, 1.165) is 15.6 Å². The van der Waals surface area contributed by atoms with Crippen LogP contribution in [0, 0.1) is 6.92 Å². The molecule has 0 atom stereocenters. The van der Waals surface area contributed by atoms with Crippen LogP contribution in [0.4, 0.5) is 5.69 Å². The maximum atomic E-state index is 12.6. The molecular weight excluding hydrogens is 352 g/mol. The van der Waals surface area contributed by atoms with Crippen molar-refractivity contribution in [2.75, 3.05) is 12.8 Å². The summed E-state index contributed by atoms with van der Waals surface area (Å²) in [7, 11) is -2.05. The summed E-state index contributed by atoms with van der Waals surface area (Å²) in [6.07, 6.45) is 0. The molecule has 112 valence electrons. The van der Waals surface area contributed by atoms with Gasteiger partial charge in [-0.3, -0.25) is 0 Å². The number of hydrogen-bond donors (Lipinski definition) is 1. The Hall–Kier alpha value is -1.37. The SMILES string of the molecule is Cc1ccc(S(=O)(=O)N(C)Cc2cccc(Br)c2)c(N)c1. The zero-order valence-corrected chi connectivity index (χ0v) is 14.3. The van der Waals surface area contributed by atoms with Gasteiger partial charge in [0.2, 0.25) is 10.0 Å². The lowest BCUT2D eigenvalue weighted by Gasteiger charge is -2.18. The van der Waals surface area contributed by atoms with Gasteiger partial charge in [0.15, 0.2) is 0 Å². The largest absolute Gasteiger partial charge is 0.398 e. The second kappa shape index (κ2) is 6.17. The molecule has 4 nitrogen and oxygen atoms in total. The Bertz CT molecular complexity index is 760. The Morgan fingerprint density at radius 2 is 1.90 bits per heavy atom. The van der Waals surface area contributed by atoms with Gasteiger partial charge in [-0.1, -0.05) is 34.1 Å². The fraction of sp³-hybridized carbons (Fsp3) is 0.200. The number of rotatable bonds is 4. The van der Waals surface area contributed by atoms with E-state index in [4.69, 9.17) is 5.73 Å². The van der Waals surface area contributed by atoms with Crippen LogP contribution < -0.4 is 5.73 Å². The van der Waals surface area contributed by atoms with Gasteiger partial charge in [0.1, 0.15) is 4.90 Å². The van der Waals surface area contributed by atoms with E-state index in [1.807, 2.05) is 31.2 Å². The summed E-state index contributed by atoms with van der Waals surface area (Å²) in [6.45, 7) is 2.16. The van der Waals surface area contributed by atoms with Gasteiger partial charge < -0.3 is 5.73 Å². The second-order valence-corrected chi connectivity index (χ2v) is 7.86. The quantitative estimate of drug-likeness (QED) is 0.842. The van der Waals surface area contributed by atoms with Gasteiger partial charge in [0.05, 0.1) is 5.69 Å². The van der Waals surface area contributed by atoms with Gasteiger partial charge in [-0.2, -0.15) is 4.31 Å². The first-order chi connectivity index (χ1) is 9.80. The smallest absolute Gasteiger partial charge is 0.245 e. The summed E-state index contributed by atoms with van der Waals surface area (Å²) in [4.78, 5) is 0.144. The van der Waals surface area contributed by atoms with Crippen LogP contribution in [0.3, 0.4) is 0 Å². The lowest BCUT2D eigenvalue weighted by atomic mass is 10.2. The molecule has 0 heterocycles. The van der Waals surface area contributed by atoms with Crippen molar-refractivity contribution in [1.82, 2.24) is 4.31 Å². The molecule has 0 aliphatic carbocycles. The van der Waals surface area contributed by atoms with Crippen LogP contribution in [0.15, 0.2) is 51.8 Å². The number of anilines is 1. The van der Waals surface area contributed by atoms with Crippen molar-refractivity contribution >= 4 is 31.6 Å². The van der Waals surface area contributed by atoms with Gasteiger partial charge in [0, 0.05) is 18.1 Å². The molecule has 0 aliphatic heterocycles. The molecule has 0 aliphatic rings. The summed E-state index contributed by atoms with van der Waals surface area (Å²) < 4.78 is 27.4. The monoisotopic (exact) mass is 368 g/mol. The third kappa shape index (κ3) is 3.64. The molecule has 0 aromatic heterocycles. The Labute approximate surface area is 133 Å². The number of hydrogen-bond acceptors (Lipinski definition) is 3. The number of halogens is 1. The van der Waals surface area contributed by atoms with Crippen LogP contribution in [-0.4, -0.2) is 19.8 Å². The van der Waals surface area contributed by atoms with Crippen molar-refractivity contribution in [1.29, 1.82) is 0 Å². The minimum absolute atomic E-state index is 0.144. The number of nitrogens with zero attached hydrogens (tertiary/aromatic N) is 1. The number of nitrogen functional groups attached to an aromatic ring is 1. The Balaban J connectivity index is 2.30. The van der Waals surface area contributed by atoms with Crippen LogP contribution in [-0.2, 0) is 16.6 Å². The molecule has 0 saturated carbocycles. The molecule has 0 spiro atoms. The molecule has 2 rings (SSSR count). The van der Waals surface area contributed by atoms with E-state index in [1.165, 1.54) is 4.31 Å². The van der Waals surface area contributed by atoms with E-state index in [1.54, 1.807) is 25.2 Å². The van der Waals surface area contributed by atoms with E-state index >= 15 is 0 Å². The number of benzene rings is 2. The summed E-state index contributed by atoms with van der Waals surface area (Å²) in [5.41, 5.74) is 7.96. The Kier molecular flexibility index (Phi) is 4.70. The lowest BCUT2D eigenvalue weighted by Crippen LogP contribution is -2.27. The average Bonchev–Trinajstić information content (AvgIpc) is 2.38. The van der Waals surface area contributed by atoms with Gasteiger partial charge >= 0.3 is 0 Å². The molecule has 0 saturated heterocycles. The Morgan fingerprint density at radius 3 is 2.52 bits per heavy atom. The van der Waals surface area contributed by atoms with Crippen molar-refractivity contribution in [3.8, 4) is 0 Å². The van der Waals surface area contributed by atoms with Crippen LogP contribution in [0.25, 0.3) is 0 Å². The minimum atomic E-state index is -3.60. The van der Waals surface area contributed by atoms with Crippen LogP contribution in [0.5, 0.6) is 0 Å². The molecule has 2 aromatic rings. The fourth-order valence-electron chi connectivity index (χ4n) is 2.05. The van der Waals surface area contributed by atoms with Gasteiger partial charge in [-0.15, -0.1) is 0 Å². The van der Waals surface area contributed by atoms with Crippen molar-refractivity contribution in [2.45, 2.75) is 18.4 Å². The maximum Gasteiger partial charge on any atom is 0.245 e. The zero-order chi connectivity index (χ0) is 15.6. The highest BCUT2D eigenvalue weighted by Gasteiger charge is 2.23. The first kappa shape index (κ1) is 16.0. The highest BCUT2D eigenvalue weighted by Crippen LogP contribution is 2.24. The minimum Gasteiger partial charge on any atom is -0.398 e. The molecular formula is C15H17BrN2O2S. The number of nitrogens with two attached hydrogens (primary N) is 1. The van der Waals surface area contributed by atoms with Crippen molar-refractivity contribution in [2.24, 2.45) is 0 Å². The molecule has 2 aromatic carbocycles. The first-order valence-corrected chi connectivity index (χ1v) is 8.61. The molecule has 2 N–H and O–H groups in total. The van der Waals surface area contributed by atoms with Crippen molar-refractivity contribution in [3.63, 3.8) is 0 Å². The summed E-state index contributed by atoms with van der Waals surface area (Å²) in [5, 5.41) is 0. The fourth-order valence-corrected chi connectivity index (χ4v) is 3.75. The third-order valence-corrected chi connectivity index (χ3v) is 5.52. The molecule has 0 unspecified atom stereocenters. The van der Waals surface area contributed by atoms with Gasteiger partial charge in [0.25, 0.3) is 0 Å². The summed E-state index contributed by atoms with van der Waals surface area (Å²) >= 11 is 3.38. The van der Waals surface area contributed by atoms with E-state index in [-0.39, 0.29) is 17.1 Å². The van der Waals surface area contributed by atoms with Crippen LogP contribution >= 0.6 is 15.9 Å². The highest BCUT2D eigenvalue weighted by atomic mass is 79.9. The second-order valence-electron chi connectivity index (χ2n) is 4.93. The topological polar surface area (TPSA) is 63.4 Å². The third-order valence-electron chi connectivity index (χ3n) is 3.15. The van der Waals surface area contributed by atoms with E-state index in [0.29, 0.717) is 0 Å². The van der Waals surface area contributed by atoms with Gasteiger partial charge in [-0.25, -0.2) is 8.42 Å². The summed E-state index contributed by atoms with van der Waals surface area (Å²) in [6, 6.07) is 12.5. The molecule has 21 heavy (non-hydrogen) atoms. The van der Waals surface area contributed by atoms with Crippen molar-refractivity contribution < 1.29 is 8.42 Å². The summed E-state index contributed by atoms with van der Waals surface area (Å²) in [5.74, 6) is 0. The van der Waals surface area contributed by atoms with E-state index < -0.39 is 10.0 Å². The predicted molar refractivity (Wildman–Crippen MR) is 88.4 cm³/mol. The van der Waals surface area contributed by atoms with Crippen molar-refractivity contribution in [3.05, 3.63) is 58.1 Å². The first-order valence-electron chi connectivity index (χ1n) is 6.37. The normalized spacial score (nSPS) is 11.8. The number of sulfonamides is 1. The zero-order valence-electron chi connectivity index (χ0n) is 11.9. The molecule has 0 radical (unpaired) electrons. The standard InChI is InChI=1S/C15H17BrN2O2S/c1-11-6-7-15(14(17)8-11)21(19,20)18(2)10-12-4-3-5-13(16)9-12/h3-9H,10,17H2,1-2H3. The number of aryl methyl sites for hydroxylation is 1. The van der Waals surface area contributed by atoms with Gasteiger partial charge in [-0.05, 0) is 42.3 Å². The highest BCUT2D eigenvalue weighted by molar-refractivity contribution is 9.10. The van der Waals surface area contributed by atoms with E-state index in [2.05, 4.69) is 15.9 Å². The van der Waals surface area contributed by atoms with Crippen LogP contribution in [0.1, 0.15) is 11.1 Å². The Morgan fingerprint density at radius 1 is 1.19 bits per heavy atom. The van der Waals surface area contributed by atoms with Crippen LogP contribution in [0.2, 0.25) is 0 Å².